The topological polar surface area (TPSA) is 67.0 Å². The van der Waals surface area contributed by atoms with Crippen molar-refractivity contribution in [1.82, 2.24) is 9.97 Å². The number of nitrogens with zero attached hydrogens (tertiary/aromatic N) is 1. The third kappa shape index (κ3) is 3.60. The molecule has 1 aromatic carbocycles. The van der Waals surface area contributed by atoms with E-state index in [4.69, 9.17) is 4.74 Å². The van der Waals surface area contributed by atoms with Gasteiger partial charge in [0.05, 0.1) is 12.3 Å². The van der Waals surface area contributed by atoms with Crippen LogP contribution in [0.25, 0.3) is 0 Å². The molecule has 2 aromatic rings. The first-order valence-electron chi connectivity index (χ1n) is 6.69. The van der Waals surface area contributed by atoms with E-state index in [1.165, 1.54) is 6.07 Å². The quantitative estimate of drug-likeness (QED) is 0.878. The van der Waals surface area contributed by atoms with E-state index in [-0.39, 0.29) is 11.5 Å². The van der Waals surface area contributed by atoms with Crippen molar-refractivity contribution < 1.29 is 4.74 Å². The molecule has 1 heterocycles. The molecular weight excluding hydrogens is 254 g/mol. The first-order chi connectivity index (χ1) is 9.58. The number of aromatic nitrogens is 2. The summed E-state index contributed by atoms with van der Waals surface area (Å²) in [5.74, 6) is 1.47. The molecule has 0 atom stereocenters. The third-order valence-electron chi connectivity index (χ3n) is 2.78. The Morgan fingerprint density at radius 2 is 2.00 bits per heavy atom. The van der Waals surface area contributed by atoms with Crippen LogP contribution in [0, 0.1) is 0 Å². The summed E-state index contributed by atoms with van der Waals surface area (Å²) >= 11 is 0. The highest BCUT2D eigenvalue weighted by atomic mass is 16.5. The Labute approximate surface area is 118 Å². The third-order valence-corrected chi connectivity index (χ3v) is 2.78. The second-order valence-corrected chi connectivity index (χ2v) is 4.76. The number of benzene rings is 1. The van der Waals surface area contributed by atoms with E-state index >= 15 is 0 Å². The second kappa shape index (κ2) is 6.23. The Bertz CT molecular complexity index is 618. The molecule has 5 nitrogen and oxygen atoms in total. The molecule has 2 rings (SSSR count). The number of hydrogen-bond donors (Lipinski definition) is 2. The summed E-state index contributed by atoms with van der Waals surface area (Å²) < 4.78 is 5.38. The molecule has 0 aliphatic carbocycles. The van der Waals surface area contributed by atoms with Crippen LogP contribution in [0.1, 0.15) is 32.4 Å². The van der Waals surface area contributed by atoms with Crippen molar-refractivity contribution in [2.24, 2.45) is 0 Å². The van der Waals surface area contributed by atoms with E-state index in [9.17, 15) is 4.79 Å². The number of rotatable bonds is 5. The molecule has 2 N–H and O–H groups in total. The van der Waals surface area contributed by atoms with Crippen LogP contribution in [0.3, 0.4) is 0 Å². The minimum Gasteiger partial charge on any atom is -0.494 e. The van der Waals surface area contributed by atoms with Crippen molar-refractivity contribution in [2.75, 3.05) is 11.9 Å². The highest BCUT2D eigenvalue weighted by molar-refractivity contribution is 5.54. The molecule has 0 fully saturated rings. The lowest BCUT2D eigenvalue weighted by Crippen LogP contribution is -2.12. The van der Waals surface area contributed by atoms with Crippen molar-refractivity contribution in [3.63, 3.8) is 0 Å². The van der Waals surface area contributed by atoms with Gasteiger partial charge < -0.3 is 10.1 Å². The first kappa shape index (κ1) is 14.1. The van der Waals surface area contributed by atoms with Crippen LogP contribution >= 0.6 is 0 Å². The predicted octanol–water partition coefficient (Wildman–Crippen LogP) is 3.04. The van der Waals surface area contributed by atoms with Crippen LogP contribution in [0.2, 0.25) is 0 Å². The highest BCUT2D eigenvalue weighted by Crippen LogP contribution is 2.18. The Balaban J connectivity index is 2.19. The molecule has 0 bridgehead atoms. The van der Waals surface area contributed by atoms with Gasteiger partial charge in [0, 0.05) is 11.8 Å². The summed E-state index contributed by atoms with van der Waals surface area (Å²) in [5.41, 5.74) is 1.46. The number of hydrogen-bond acceptors (Lipinski definition) is 4. The standard InChI is InChI=1S/C15H19N3O2/c1-4-20-12-7-5-11(6-8-12)16-15-17-13(10(2)3)9-14(19)18-15/h5-10H,4H2,1-3H3,(H2,16,17,18,19). The number of aromatic amines is 1. The van der Waals surface area contributed by atoms with E-state index in [0.29, 0.717) is 12.6 Å². The van der Waals surface area contributed by atoms with Gasteiger partial charge in [-0.25, -0.2) is 4.98 Å². The smallest absolute Gasteiger partial charge is 0.252 e. The molecule has 20 heavy (non-hydrogen) atoms. The average molecular weight is 273 g/mol. The summed E-state index contributed by atoms with van der Waals surface area (Å²) in [7, 11) is 0. The van der Waals surface area contributed by atoms with Gasteiger partial charge in [-0.3, -0.25) is 9.78 Å². The van der Waals surface area contributed by atoms with Gasteiger partial charge in [-0.05, 0) is 37.1 Å². The monoisotopic (exact) mass is 273 g/mol. The van der Waals surface area contributed by atoms with Crippen molar-refractivity contribution in [1.29, 1.82) is 0 Å². The number of nitrogens with one attached hydrogen (secondary N) is 2. The van der Waals surface area contributed by atoms with Gasteiger partial charge in [0.2, 0.25) is 5.95 Å². The maximum Gasteiger partial charge on any atom is 0.252 e. The Morgan fingerprint density at radius 1 is 1.30 bits per heavy atom. The van der Waals surface area contributed by atoms with E-state index in [0.717, 1.165) is 17.1 Å². The van der Waals surface area contributed by atoms with Crippen LogP contribution in [-0.2, 0) is 0 Å². The SMILES string of the molecule is CCOc1ccc(Nc2nc(C(C)C)cc(=O)[nH]2)cc1. The minimum atomic E-state index is -0.155. The van der Waals surface area contributed by atoms with Gasteiger partial charge in [-0.15, -0.1) is 0 Å². The molecule has 0 spiro atoms. The van der Waals surface area contributed by atoms with Crippen LogP contribution in [0.5, 0.6) is 5.75 Å². The molecule has 0 unspecified atom stereocenters. The summed E-state index contributed by atoms with van der Waals surface area (Å²) in [6, 6.07) is 9.03. The maximum absolute atomic E-state index is 11.6. The van der Waals surface area contributed by atoms with Crippen LogP contribution in [0.4, 0.5) is 11.6 Å². The Kier molecular flexibility index (Phi) is 4.40. The van der Waals surface area contributed by atoms with E-state index in [1.807, 2.05) is 45.0 Å². The average Bonchev–Trinajstić information content (AvgIpc) is 2.40. The van der Waals surface area contributed by atoms with Gasteiger partial charge in [0.15, 0.2) is 0 Å². The van der Waals surface area contributed by atoms with E-state index in [2.05, 4.69) is 15.3 Å². The predicted molar refractivity (Wildman–Crippen MR) is 79.8 cm³/mol. The van der Waals surface area contributed by atoms with Crippen LogP contribution in [0.15, 0.2) is 35.1 Å². The molecule has 5 heteroatoms. The normalized spacial score (nSPS) is 10.6. The number of H-pyrrole nitrogens is 1. The zero-order valence-electron chi connectivity index (χ0n) is 11.9. The Morgan fingerprint density at radius 3 is 2.60 bits per heavy atom. The molecule has 0 amide bonds. The van der Waals surface area contributed by atoms with Gasteiger partial charge in [0.25, 0.3) is 5.56 Å². The summed E-state index contributed by atoms with van der Waals surface area (Å²) in [6.07, 6.45) is 0. The van der Waals surface area contributed by atoms with Crippen molar-refractivity contribution in [3.8, 4) is 5.75 Å². The first-order valence-corrected chi connectivity index (χ1v) is 6.69. The maximum atomic E-state index is 11.6. The minimum absolute atomic E-state index is 0.155. The van der Waals surface area contributed by atoms with Crippen molar-refractivity contribution in [3.05, 3.63) is 46.4 Å². The van der Waals surface area contributed by atoms with Crippen molar-refractivity contribution >= 4 is 11.6 Å². The molecule has 0 saturated heterocycles. The van der Waals surface area contributed by atoms with Gasteiger partial charge >= 0.3 is 0 Å². The second-order valence-electron chi connectivity index (χ2n) is 4.76. The molecule has 0 radical (unpaired) electrons. The fraction of sp³-hybridized carbons (Fsp3) is 0.333. The van der Waals surface area contributed by atoms with Gasteiger partial charge in [-0.1, -0.05) is 13.8 Å². The van der Waals surface area contributed by atoms with Gasteiger partial charge in [-0.2, -0.15) is 0 Å². The molecule has 0 aliphatic rings. The molecular formula is C15H19N3O2. The number of anilines is 2. The summed E-state index contributed by atoms with van der Waals surface area (Å²) in [6.45, 7) is 6.58. The number of ether oxygens (including phenoxy) is 1. The Hall–Kier alpha value is -2.30. The lowest BCUT2D eigenvalue weighted by atomic mass is 10.1. The van der Waals surface area contributed by atoms with Gasteiger partial charge in [0.1, 0.15) is 5.75 Å². The van der Waals surface area contributed by atoms with Crippen LogP contribution in [-0.4, -0.2) is 16.6 Å². The highest BCUT2D eigenvalue weighted by Gasteiger charge is 2.05. The zero-order valence-corrected chi connectivity index (χ0v) is 11.9. The fourth-order valence-electron chi connectivity index (χ4n) is 1.77. The lowest BCUT2D eigenvalue weighted by Gasteiger charge is -2.09. The molecule has 0 saturated carbocycles. The largest absolute Gasteiger partial charge is 0.494 e. The summed E-state index contributed by atoms with van der Waals surface area (Å²) in [4.78, 5) is 18.7. The van der Waals surface area contributed by atoms with Crippen LogP contribution < -0.4 is 15.6 Å². The molecule has 0 aliphatic heterocycles. The molecule has 1 aromatic heterocycles. The summed E-state index contributed by atoms with van der Waals surface area (Å²) in [5, 5.41) is 3.09. The zero-order chi connectivity index (χ0) is 14.5. The fourth-order valence-corrected chi connectivity index (χ4v) is 1.77. The molecule has 106 valence electrons. The lowest BCUT2D eigenvalue weighted by molar-refractivity contribution is 0.340. The van der Waals surface area contributed by atoms with E-state index < -0.39 is 0 Å². The van der Waals surface area contributed by atoms with E-state index in [1.54, 1.807) is 0 Å². The van der Waals surface area contributed by atoms with Crippen molar-refractivity contribution in [2.45, 2.75) is 26.7 Å².